The number of nitrogens with one attached hydrogen (secondary N) is 2. The number of esters is 1. The van der Waals surface area contributed by atoms with Gasteiger partial charge in [0.25, 0.3) is 5.91 Å². The third-order valence-corrected chi connectivity index (χ3v) is 5.45. The Balaban J connectivity index is 2.01. The molecule has 0 aromatic heterocycles. The van der Waals surface area contributed by atoms with Crippen LogP contribution in [0.2, 0.25) is 5.02 Å². The van der Waals surface area contributed by atoms with Crippen LogP contribution >= 0.6 is 11.6 Å². The van der Waals surface area contributed by atoms with Gasteiger partial charge in [0, 0.05) is 22.1 Å². The van der Waals surface area contributed by atoms with Crippen LogP contribution in [0.4, 0.5) is 5.69 Å². The van der Waals surface area contributed by atoms with Crippen molar-refractivity contribution in [2.24, 2.45) is 11.3 Å². The first-order valence-corrected chi connectivity index (χ1v) is 9.71. The van der Waals surface area contributed by atoms with Crippen LogP contribution in [0.15, 0.2) is 47.3 Å². The molecule has 0 bridgehead atoms. The van der Waals surface area contributed by atoms with Gasteiger partial charge in [-0.2, -0.15) is 0 Å². The Labute approximate surface area is 164 Å². The number of ether oxygens (including phenoxy) is 1. The van der Waals surface area contributed by atoms with E-state index in [-0.39, 0.29) is 18.5 Å². The van der Waals surface area contributed by atoms with E-state index in [9.17, 15) is 9.59 Å². The molecule has 0 spiro atoms. The lowest BCUT2D eigenvalue weighted by atomic mass is 9.75. The second-order valence-corrected chi connectivity index (χ2v) is 7.60. The third-order valence-electron chi connectivity index (χ3n) is 5.20. The van der Waals surface area contributed by atoms with Crippen LogP contribution in [0.5, 0.6) is 0 Å². The zero-order chi connectivity index (χ0) is 19.6. The Morgan fingerprint density at radius 1 is 1.33 bits per heavy atom. The van der Waals surface area contributed by atoms with E-state index in [0.29, 0.717) is 34.3 Å². The molecule has 3 rings (SSSR count). The van der Waals surface area contributed by atoms with Crippen molar-refractivity contribution in [2.75, 3.05) is 11.9 Å². The Kier molecular flexibility index (Phi) is 5.61. The molecule has 6 heteroatoms. The molecule has 1 aromatic rings. The van der Waals surface area contributed by atoms with Crippen molar-refractivity contribution in [3.63, 3.8) is 0 Å². The van der Waals surface area contributed by atoms with E-state index >= 15 is 0 Å². The molecule has 1 heterocycles. The minimum atomic E-state index is -1.07. The maximum absolute atomic E-state index is 13.2. The summed E-state index contributed by atoms with van der Waals surface area (Å²) in [6.07, 6.45) is 4.43. The number of allylic oxidation sites excluding steroid dienone is 2. The summed E-state index contributed by atoms with van der Waals surface area (Å²) in [5, 5.41) is 6.78. The highest BCUT2D eigenvalue weighted by Crippen LogP contribution is 2.49. The lowest BCUT2D eigenvalue weighted by Crippen LogP contribution is -2.39. The fraction of sp³-hybridized carbons (Fsp3) is 0.429. The van der Waals surface area contributed by atoms with Gasteiger partial charge in [0.1, 0.15) is 5.41 Å². The van der Waals surface area contributed by atoms with Crippen molar-refractivity contribution in [3.05, 3.63) is 52.3 Å². The summed E-state index contributed by atoms with van der Waals surface area (Å²) in [7, 11) is 0. The molecule has 0 radical (unpaired) electrons. The first-order valence-electron chi connectivity index (χ1n) is 9.33. The molecule has 1 aliphatic carbocycles. The minimum Gasteiger partial charge on any atom is -0.465 e. The summed E-state index contributed by atoms with van der Waals surface area (Å²) in [5.41, 5.74) is 1.46. The quantitative estimate of drug-likeness (QED) is 0.750. The van der Waals surface area contributed by atoms with Gasteiger partial charge >= 0.3 is 5.97 Å². The number of benzene rings is 1. The van der Waals surface area contributed by atoms with E-state index in [2.05, 4.69) is 23.6 Å². The van der Waals surface area contributed by atoms with Gasteiger partial charge in [-0.1, -0.05) is 31.0 Å². The molecule has 2 unspecified atom stereocenters. The number of hydrogen-bond donors (Lipinski definition) is 2. The van der Waals surface area contributed by atoms with E-state index in [0.717, 1.165) is 18.5 Å². The normalized spacial score (nSPS) is 24.4. The van der Waals surface area contributed by atoms with Crippen molar-refractivity contribution in [1.29, 1.82) is 0 Å². The predicted octanol–water partition coefficient (Wildman–Crippen LogP) is 4.41. The molecular weight excluding hydrogens is 364 g/mol. The summed E-state index contributed by atoms with van der Waals surface area (Å²) in [6, 6.07) is 6.90. The number of hydrogen-bond acceptors (Lipinski definition) is 4. The van der Waals surface area contributed by atoms with Gasteiger partial charge in [-0.15, -0.1) is 0 Å². The van der Waals surface area contributed by atoms with Crippen molar-refractivity contribution in [2.45, 2.75) is 40.0 Å². The summed E-state index contributed by atoms with van der Waals surface area (Å²) in [4.78, 5) is 26.3. The van der Waals surface area contributed by atoms with Crippen molar-refractivity contribution in [3.8, 4) is 0 Å². The molecule has 27 heavy (non-hydrogen) atoms. The van der Waals surface area contributed by atoms with E-state index in [1.165, 1.54) is 0 Å². The average Bonchev–Trinajstić information content (AvgIpc) is 2.78. The molecule has 5 nitrogen and oxygen atoms in total. The molecule has 0 fully saturated rings. The first kappa shape index (κ1) is 19.5. The largest absolute Gasteiger partial charge is 0.465 e. The first-order chi connectivity index (χ1) is 12.9. The molecule has 2 N–H and O–H groups in total. The second-order valence-electron chi connectivity index (χ2n) is 7.16. The number of anilines is 1. The number of amides is 1. The van der Waals surface area contributed by atoms with E-state index < -0.39 is 5.41 Å². The molecule has 1 aromatic carbocycles. The van der Waals surface area contributed by atoms with Gasteiger partial charge < -0.3 is 15.4 Å². The molecule has 0 saturated heterocycles. The van der Waals surface area contributed by atoms with Gasteiger partial charge in [0.15, 0.2) is 0 Å². The Hall–Kier alpha value is -2.27. The summed E-state index contributed by atoms with van der Waals surface area (Å²) in [5.74, 6) is -0.334. The number of fused-ring (bicyclic) bond motifs is 1. The van der Waals surface area contributed by atoms with Crippen LogP contribution in [0, 0.1) is 11.3 Å². The Morgan fingerprint density at radius 2 is 2.04 bits per heavy atom. The maximum atomic E-state index is 13.2. The lowest BCUT2D eigenvalue weighted by molar-refractivity contribution is -0.152. The van der Waals surface area contributed by atoms with E-state index in [1.807, 2.05) is 6.92 Å². The molecular formula is C21H25ClN2O3. The van der Waals surface area contributed by atoms with Crippen LogP contribution < -0.4 is 10.6 Å². The highest BCUT2D eigenvalue weighted by atomic mass is 35.5. The van der Waals surface area contributed by atoms with Gasteiger partial charge in [-0.05, 0) is 56.9 Å². The van der Waals surface area contributed by atoms with Crippen molar-refractivity contribution < 1.29 is 14.3 Å². The third kappa shape index (κ3) is 3.61. The van der Waals surface area contributed by atoms with Gasteiger partial charge in [-0.25, -0.2) is 0 Å². The minimum absolute atomic E-state index is 0.272. The second kappa shape index (κ2) is 7.77. The molecule has 2 aliphatic rings. The van der Waals surface area contributed by atoms with Crippen LogP contribution in [-0.4, -0.2) is 18.5 Å². The van der Waals surface area contributed by atoms with E-state index in [1.54, 1.807) is 31.2 Å². The van der Waals surface area contributed by atoms with Crippen LogP contribution in [0.1, 0.15) is 40.0 Å². The van der Waals surface area contributed by atoms with Gasteiger partial charge in [-0.3, -0.25) is 9.59 Å². The lowest BCUT2D eigenvalue weighted by Gasteiger charge is -2.29. The molecule has 0 saturated carbocycles. The van der Waals surface area contributed by atoms with Gasteiger partial charge in [0.05, 0.1) is 12.2 Å². The van der Waals surface area contributed by atoms with Crippen molar-refractivity contribution >= 4 is 29.2 Å². The smallest absolute Gasteiger partial charge is 0.322 e. The SMILES string of the molecule is CCOC(=O)C12CCCC(C)C=C1NC(C)=C2C(=O)Nc1ccc(Cl)cc1. The summed E-state index contributed by atoms with van der Waals surface area (Å²) >= 11 is 5.92. The topological polar surface area (TPSA) is 67.4 Å². The highest BCUT2D eigenvalue weighted by Gasteiger charge is 2.54. The van der Waals surface area contributed by atoms with Crippen LogP contribution in [-0.2, 0) is 14.3 Å². The maximum Gasteiger partial charge on any atom is 0.322 e. The Morgan fingerprint density at radius 3 is 2.70 bits per heavy atom. The zero-order valence-electron chi connectivity index (χ0n) is 15.9. The molecule has 1 aliphatic heterocycles. The number of carbonyl (C=O) groups excluding carboxylic acids is 2. The monoisotopic (exact) mass is 388 g/mol. The fourth-order valence-electron chi connectivity index (χ4n) is 3.99. The molecule has 144 valence electrons. The van der Waals surface area contributed by atoms with Crippen LogP contribution in [0.3, 0.4) is 0 Å². The number of carbonyl (C=O) groups is 2. The van der Waals surface area contributed by atoms with Crippen LogP contribution in [0.25, 0.3) is 0 Å². The number of rotatable bonds is 4. The summed E-state index contributed by atoms with van der Waals surface area (Å²) < 4.78 is 5.42. The van der Waals surface area contributed by atoms with Crippen molar-refractivity contribution in [1.82, 2.24) is 5.32 Å². The summed E-state index contributed by atoms with van der Waals surface area (Å²) in [6.45, 7) is 6.01. The van der Waals surface area contributed by atoms with Gasteiger partial charge in [0.2, 0.25) is 0 Å². The van der Waals surface area contributed by atoms with E-state index in [4.69, 9.17) is 16.3 Å². The molecule has 1 amide bonds. The number of halogens is 1. The highest BCUT2D eigenvalue weighted by molar-refractivity contribution is 6.30. The Bertz CT molecular complexity index is 813. The standard InChI is InChI=1S/C21H25ClN2O3/c1-4-27-20(26)21-11-5-6-13(2)12-17(21)23-14(3)18(21)19(25)24-16-9-7-15(22)8-10-16/h7-10,12-13,23H,4-6,11H2,1-3H3,(H,24,25). The predicted molar refractivity (Wildman–Crippen MR) is 106 cm³/mol. The zero-order valence-corrected chi connectivity index (χ0v) is 16.7. The fourth-order valence-corrected chi connectivity index (χ4v) is 4.11. The average molecular weight is 389 g/mol. The molecule has 2 atom stereocenters.